The molecule has 0 unspecified atom stereocenters. The fourth-order valence-corrected chi connectivity index (χ4v) is 2.77. The molecule has 0 aromatic carbocycles. The summed E-state index contributed by atoms with van der Waals surface area (Å²) in [6.45, 7) is 7.74. The van der Waals surface area contributed by atoms with Crippen LogP contribution in [0.4, 0.5) is 8.78 Å². The van der Waals surface area contributed by atoms with Gasteiger partial charge in [0.15, 0.2) is 0 Å². The van der Waals surface area contributed by atoms with Gasteiger partial charge in [-0.1, -0.05) is 13.8 Å². The van der Waals surface area contributed by atoms with Crippen molar-refractivity contribution in [1.82, 2.24) is 20.2 Å². The number of carbonyl (C=O) groups excluding carboxylic acids is 1. The number of halogens is 2. The quantitative estimate of drug-likeness (QED) is 0.906. The van der Waals surface area contributed by atoms with Crippen molar-refractivity contribution in [3.05, 3.63) is 23.8 Å². The maximum absolute atomic E-state index is 12.5. The Morgan fingerprint density at radius 1 is 1.45 bits per heavy atom. The van der Waals surface area contributed by atoms with Gasteiger partial charge in [0.05, 0.1) is 0 Å². The van der Waals surface area contributed by atoms with Gasteiger partial charge in [0.25, 0.3) is 12.3 Å². The summed E-state index contributed by atoms with van der Waals surface area (Å²) in [7, 11) is 0. The molecule has 1 aromatic heterocycles. The molecule has 2 heterocycles. The van der Waals surface area contributed by atoms with Crippen LogP contribution >= 0.6 is 0 Å². The predicted molar refractivity (Wildman–Crippen MR) is 78.8 cm³/mol. The number of hydrogen-bond acceptors (Lipinski definition) is 4. The van der Waals surface area contributed by atoms with Crippen molar-refractivity contribution in [3.8, 4) is 0 Å². The van der Waals surface area contributed by atoms with Gasteiger partial charge in [0.2, 0.25) is 0 Å². The van der Waals surface area contributed by atoms with Crippen LogP contribution in [-0.2, 0) is 0 Å². The smallest absolute Gasteiger partial charge is 0.280 e. The lowest BCUT2D eigenvalue weighted by Crippen LogP contribution is -2.43. The van der Waals surface area contributed by atoms with Crippen LogP contribution in [0, 0.1) is 5.41 Å². The highest BCUT2D eigenvalue weighted by molar-refractivity contribution is 5.92. The van der Waals surface area contributed by atoms with E-state index < -0.39 is 18.0 Å². The summed E-state index contributed by atoms with van der Waals surface area (Å²) < 4.78 is 25.1. The van der Waals surface area contributed by atoms with Gasteiger partial charge in [-0.05, 0) is 30.9 Å². The Kier molecular flexibility index (Phi) is 5.39. The number of rotatable bonds is 5. The second-order valence-corrected chi connectivity index (χ2v) is 6.43. The second-order valence-electron chi connectivity index (χ2n) is 6.43. The lowest BCUT2D eigenvalue weighted by Gasteiger charge is -2.38. The first-order chi connectivity index (χ1) is 10.4. The van der Waals surface area contributed by atoms with E-state index in [0.29, 0.717) is 12.0 Å². The molecule has 22 heavy (non-hydrogen) atoms. The molecular weight excluding hydrogens is 290 g/mol. The lowest BCUT2D eigenvalue weighted by molar-refractivity contribution is 0.0920. The van der Waals surface area contributed by atoms with Crippen molar-refractivity contribution < 1.29 is 13.6 Å². The van der Waals surface area contributed by atoms with Crippen molar-refractivity contribution in [2.45, 2.75) is 33.1 Å². The van der Waals surface area contributed by atoms with Gasteiger partial charge >= 0.3 is 0 Å². The van der Waals surface area contributed by atoms with E-state index in [1.165, 1.54) is 6.42 Å². The average molecular weight is 312 g/mol. The fourth-order valence-electron chi connectivity index (χ4n) is 2.77. The van der Waals surface area contributed by atoms with Gasteiger partial charge in [0.1, 0.15) is 17.7 Å². The van der Waals surface area contributed by atoms with Gasteiger partial charge in [-0.25, -0.2) is 18.7 Å². The number of piperidine rings is 1. The molecule has 0 aliphatic carbocycles. The topological polar surface area (TPSA) is 58.1 Å². The van der Waals surface area contributed by atoms with E-state index in [1.807, 2.05) is 0 Å². The van der Waals surface area contributed by atoms with Crippen molar-refractivity contribution in [1.29, 1.82) is 0 Å². The molecule has 1 aromatic rings. The van der Waals surface area contributed by atoms with Gasteiger partial charge in [-0.15, -0.1) is 0 Å². The standard InChI is InChI=1S/C15H22F2N4O/c1-15(2)4-3-6-21(9-15)7-5-18-14(22)12-8-11(13(16)17)19-10-20-12/h8,10,13H,3-7,9H2,1-2H3,(H,18,22). The van der Waals surface area contributed by atoms with Crippen LogP contribution in [-0.4, -0.2) is 47.0 Å². The molecule has 0 atom stereocenters. The molecule has 1 saturated heterocycles. The molecule has 1 aliphatic heterocycles. The largest absolute Gasteiger partial charge is 0.349 e. The van der Waals surface area contributed by atoms with E-state index >= 15 is 0 Å². The Bertz CT molecular complexity index is 522. The fraction of sp³-hybridized carbons (Fsp3) is 0.667. The van der Waals surface area contributed by atoms with E-state index in [9.17, 15) is 13.6 Å². The van der Waals surface area contributed by atoms with Crippen LogP contribution in [0.15, 0.2) is 12.4 Å². The molecule has 0 spiro atoms. The Hall–Kier alpha value is -1.63. The van der Waals surface area contributed by atoms with E-state index in [1.54, 1.807) is 0 Å². The lowest BCUT2D eigenvalue weighted by atomic mass is 9.84. The van der Waals surface area contributed by atoms with Gasteiger partial charge < -0.3 is 10.2 Å². The van der Waals surface area contributed by atoms with Crippen LogP contribution in [0.5, 0.6) is 0 Å². The minimum atomic E-state index is -2.70. The van der Waals surface area contributed by atoms with Crippen molar-refractivity contribution in [3.63, 3.8) is 0 Å². The van der Waals surface area contributed by atoms with Crippen molar-refractivity contribution in [2.24, 2.45) is 5.41 Å². The third kappa shape index (κ3) is 4.69. The first-order valence-electron chi connectivity index (χ1n) is 7.48. The van der Waals surface area contributed by atoms with Crippen LogP contribution < -0.4 is 5.32 Å². The molecule has 1 N–H and O–H groups in total. The van der Waals surface area contributed by atoms with Gasteiger partial charge in [0, 0.05) is 19.6 Å². The van der Waals surface area contributed by atoms with Crippen LogP contribution in [0.1, 0.15) is 49.3 Å². The molecule has 1 amide bonds. The zero-order valence-electron chi connectivity index (χ0n) is 13.0. The number of carbonyl (C=O) groups is 1. The minimum absolute atomic E-state index is 0.0238. The Balaban J connectivity index is 1.82. The maximum Gasteiger partial charge on any atom is 0.280 e. The number of aromatic nitrogens is 2. The zero-order chi connectivity index (χ0) is 16.2. The summed E-state index contributed by atoms with van der Waals surface area (Å²) in [6.07, 6.45) is 0.659. The Morgan fingerprint density at radius 3 is 2.91 bits per heavy atom. The third-order valence-corrected chi connectivity index (χ3v) is 3.84. The summed E-state index contributed by atoms with van der Waals surface area (Å²) >= 11 is 0. The number of alkyl halides is 2. The van der Waals surface area contributed by atoms with E-state index in [0.717, 1.165) is 38.4 Å². The first-order valence-corrected chi connectivity index (χ1v) is 7.48. The number of likely N-dealkylation sites (tertiary alicyclic amines) is 1. The van der Waals surface area contributed by atoms with Crippen LogP contribution in [0.3, 0.4) is 0 Å². The summed E-state index contributed by atoms with van der Waals surface area (Å²) in [4.78, 5) is 21.4. The number of nitrogens with one attached hydrogen (secondary N) is 1. The number of amides is 1. The Morgan fingerprint density at radius 2 is 2.23 bits per heavy atom. The molecule has 5 nitrogen and oxygen atoms in total. The van der Waals surface area contributed by atoms with Gasteiger partial charge in [-0.2, -0.15) is 0 Å². The van der Waals surface area contributed by atoms with Crippen molar-refractivity contribution >= 4 is 5.91 Å². The molecular formula is C15H22F2N4O. The van der Waals surface area contributed by atoms with E-state index in [4.69, 9.17) is 0 Å². The summed E-state index contributed by atoms with van der Waals surface area (Å²) in [5.41, 5.74) is -0.150. The molecule has 7 heteroatoms. The number of hydrogen-bond donors (Lipinski definition) is 1. The van der Waals surface area contributed by atoms with Crippen LogP contribution in [0.25, 0.3) is 0 Å². The van der Waals surface area contributed by atoms with Crippen LogP contribution in [0.2, 0.25) is 0 Å². The molecule has 0 saturated carbocycles. The molecule has 2 rings (SSSR count). The highest BCUT2D eigenvalue weighted by Gasteiger charge is 2.25. The molecule has 122 valence electrons. The average Bonchev–Trinajstić information content (AvgIpc) is 2.46. The van der Waals surface area contributed by atoms with Crippen molar-refractivity contribution in [2.75, 3.05) is 26.2 Å². The predicted octanol–water partition coefficient (Wildman–Crippen LogP) is 2.27. The SMILES string of the molecule is CC1(C)CCCN(CCNC(=O)c2cc(C(F)F)ncn2)C1. The molecule has 0 bridgehead atoms. The second kappa shape index (κ2) is 7.09. The zero-order valence-corrected chi connectivity index (χ0v) is 13.0. The summed E-state index contributed by atoms with van der Waals surface area (Å²) in [5.74, 6) is -0.444. The first kappa shape index (κ1) is 16.7. The summed E-state index contributed by atoms with van der Waals surface area (Å²) in [5, 5.41) is 2.72. The Labute approximate surface area is 129 Å². The highest BCUT2D eigenvalue weighted by atomic mass is 19.3. The maximum atomic E-state index is 12.5. The third-order valence-electron chi connectivity index (χ3n) is 3.84. The normalized spacial score (nSPS) is 18.4. The molecule has 1 fully saturated rings. The minimum Gasteiger partial charge on any atom is -0.349 e. The monoisotopic (exact) mass is 312 g/mol. The van der Waals surface area contributed by atoms with Gasteiger partial charge in [-0.3, -0.25) is 4.79 Å². The van der Waals surface area contributed by atoms with E-state index in [2.05, 4.69) is 34.0 Å². The van der Waals surface area contributed by atoms with E-state index in [-0.39, 0.29) is 5.69 Å². The summed E-state index contributed by atoms with van der Waals surface area (Å²) in [6, 6.07) is 1.03. The number of nitrogens with zero attached hydrogens (tertiary/aromatic N) is 3. The molecule has 1 aliphatic rings. The highest BCUT2D eigenvalue weighted by Crippen LogP contribution is 2.27. The molecule has 0 radical (unpaired) electrons.